The van der Waals surface area contributed by atoms with Gasteiger partial charge in [0.25, 0.3) is 0 Å². The van der Waals surface area contributed by atoms with E-state index in [2.05, 4.69) is 5.32 Å². The summed E-state index contributed by atoms with van der Waals surface area (Å²) in [7, 11) is 0. The summed E-state index contributed by atoms with van der Waals surface area (Å²) in [5.74, 6) is 0.172. The summed E-state index contributed by atoms with van der Waals surface area (Å²) in [6.45, 7) is 5.36. The molecular formula is C19H27N3O3. The number of ether oxygens (including phenoxy) is 1. The fraction of sp³-hybridized carbons (Fsp3) is 0.579. The van der Waals surface area contributed by atoms with Gasteiger partial charge in [0.2, 0.25) is 11.8 Å². The number of nitrogens with zero attached hydrogens (tertiary/aromatic N) is 2. The molecule has 2 fully saturated rings. The number of hydrogen-bond donors (Lipinski definition) is 1. The minimum absolute atomic E-state index is 0.00607. The van der Waals surface area contributed by atoms with Gasteiger partial charge in [-0.15, -0.1) is 0 Å². The van der Waals surface area contributed by atoms with Crippen molar-refractivity contribution >= 4 is 17.5 Å². The van der Waals surface area contributed by atoms with E-state index < -0.39 is 5.54 Å². The lowest BCUT2D eigenvalue weighted by Crippen LogP contribution is -2.62. The number of piperidine rings is 1. The largest absolute Gasteiger partial charge is 0.372 e. The van der Waals surface area contributed by atoms with E-state index in [0.29, 0.717) is 32.5 Å². The van der Waals surface area contributed by atoms with Crippen LogP contribution in [0.2, 0.25) is 0 Å². The second kappa shape index (κ2) is 7.87. The molecule has 6 nitrogen and oxygen atoms in total. The van der Waals surface area contributed by atoms with Gasteiger partial charge < -0.3 is 19.9 Å². The van der Waals surface area contributed by atoms with E-state index in [9.17, 15) is 9.59 Å². The molecule has 2 aliphatic rings. The molecule has 3 rings (SSSR count). The van der Waals surface area contributed by atoms with Crippen LogP contribution in [0.5, 0.6) is 0 Å². The second-order valence-corrected chi connectivity index (χ2v) is 6.74. The lowest BCUT2D eigenvalue weighted by molar-refractivity contribution is -0.145. The van der Waals surface area contributed by atoms with E-state index in [1.54, 1.807) is 0 Å². The molecule has 2 saturated heterocycles. The second-order valence-electron chi connectivity index (χ2n) is 6.74. The van der Waals surface area contributed by atoms with Gasteiger partial charge in [0, 0.05) is 38.5 Å². The predicted octanol–water partition coefficient (Wildman–Crippen LogP) is 1.73. The Morgan fingerprint density at radius 3 is 2.32 bits per heavy atom. The van der Waals surface area contributed by atoms with E-state index >= 15 is 0 Å². The first kappa shape index (κ1) is 17.7. The van der Waals surface area contributed by atoms with E-state index in [-0.39, 0.29) is 18.4 Å². The summed E-state index contributed by atoms with van der Waals surface area (Å²) in [5.41, 5.74) is 0.329. The summed E-state index contributed by atoms with van der Waals surface area (Å²) in [6, 6.07) is 9.86. The lowest BCUT2D eigenvalue weighted by Gasteiger charge is -2.46. The molecule has 0 saturated carbocycles. The van der Waals surface area contributed by atoms with Crippen molar-refractivity contribution in [2.45, 2.75) is 31.7 Å². The Morgan fingerprint density at radius 2 is 1.76 bits per heavy atom. The molecule has 0 radical (unpaired) electrons. The van der Waals surface area contributed by atoms with Crippen molar-refractivity contribution in [3.05, 3.63) is 30.3 Å². The third kappa shape index (κ3) is 3.95. The monoisotopic (exact) mass is 345 g/mol. The van der Waals surface area contributed by atoms with Gasteiger partial charge >= 0.3 is 0 Å². The molecule has 0 spiro atoms. The average Bonchev–Trinajstić information content (AvgIpc) is 2.59. The van der Waals surface area contributed by atoms with Crippen LogP contribution in [0.1, 0.15) is 26.2 Å². The molecule has 0 unspecified atom stereocenters. The molecule has 0 atom stereocenters. The van der Waals surface area contributed by atoms with Gasteiger partial charge in [-0.1, -0.05) is 18.2 Å². The van der Waals surface area contributed by atoms with Crippen LogP contribution in [0.15, 0.2) is 30.3 Å². The van der Waals surface area contributed by atoms with Crippen molar-refractivity contribution in [1.29, 1.82) is 0 Å². The SMILES string of the molecule is CCOCC(=O)N1CCC(Nc2ccccc2)(C(=O)N2CCC2)CC1. The highest BCUT2D eigenvalue weighted by atomic mass is 16.5. The Labute approximate surface area is 149 Å². The van der Waals surface area contributed by atoms with Crippen LogP contribution in [-0.2, 0) is 14.3 Å². The van der Waals surface area contributed by atoms with E-state index in [1.807, 2.05) is 47.1 Å². The maximum Gasteiger partial charge on any atom is 0.248 e. The minimum atomic E-state index is -0.621. The van der Waals surface area contributed by atoms with Crippen LogP contribution in [0.4, 0.5) is 5.69 Å². The average molecular weight is 345 g/mol. The zero-order valence-corrected chi connectivity index (χ0v) is 14.9. The number of hydrogen-bond acceptors (Lipinski definition) is 4. The Balaban J connectivity index is 1.70. The first-order valence-electron chi connectivity index (χ1n) is 9.13. The van der Waals surface area contributed by atoms with Gasteiger partial charge in [-0.25, -0.2) is 0 Å². The molecule has 136 valence electrons. The van der Waals surface area contributed by atoms with Gasteiger partial charge in [0.15, 0.2) is 0 Å². The Bertz CT molecular complexity index is 593. The summed E-state index contributed by atoms with van der Waals surface area (Å²) < 4.78 is 5.23. The normalized spacial score (nSPS) is 19.2. The summed E-state index contributed by atoms with van der Waals surface area (Å²) in [4.78, 5) is 29.0. The van der Waals surface area contributed by atoms with Crippen molar-refractivity contribution in [3.63, 3.8) is 0 Å². The van der Waals surface area contributed by atoms with Gasteiger partial charge in [0.05, 0.1) is 0 Å². The molecule has 2 aliphatic heterocycles. The minimum Gasteiger partial charge on any atom is -0.372 e. The zero-order valence-electron chi connectivity index (χ0n) is 14.9. The first-order chi connectivity index (χ1) is 12.1. The fourth-order valence-corrected chi connectivity index (χ4v) is 3.43. The van der Waals surface area contributed by atoms with Crippen LogP contribution >= 0.6 is 0 Å². The fourth-order valence-electron chi connectivity index (χ4n) is 3.43. The number of nitrogens with one attached hydrogen (secondary N) is 1. The van der Waals surface area contributed by atoms with Crippen LogP contribution in [0, 0.1) is 0 Å². The smallest absolute Gasteiger partial charge is 0.248 e. The Kier molecular flexibility index (Phi) is 5.58. The van der Waals surface area contributed by atoms with Crippen LogP contribution in [0.25, 0.3) is 0 Å². The van der Waals surface area contributed by atoms with Crippen LogP contribution < -0.4 is 5.32 Å². The maximum absolute atomic E-state index is 13.1. The third-order valence-corrected chi connectivity index (χ3v) is 5.11. The molecule has 0 bridgehead atoms. The van der Waals surface area contributed by atoms with Gasteiger partial charge in [-0.2, -0.15) is 0 Å². The van der Waals surface area contributed by atoms with Crippen molar-refractivity contribution < 1.29 is 14.3 Å². The molecule has 2 heterocycles. The first-order valence-corrected chi connectivity index (χ1v) is 9.13. The number of carbonyl (C=O) groups excluding carboxylic acids is 2. The number of carbonyl (C=O) groups is 2. The standard InChI is InChI=1S/C19H27N3O3/c1-2-25-15-17(23)21-13-9-19(10-14-21,18(24)22-11-6-12-22)20-16-7-4-3-5-8-16/h3-5,7-8,20H,2,6,9-15H2,1H3. The number of anilines is 1. The van der Waals surface area contributed by atoms with E-state index in [1.165, 1.54) is 0 Å². The van der Waals surface area contributed by atoms with Crippen molar-refractivity contribution in [2.75, 3.05) is 44.7 Å². The molecular weight excluding hydrogens is 318 g/mol. The summed E-state index contributed by atoms with van der Waals surface area (Å²) >= 11 is 0. The van der Waals surface area contributed by atoms with Crippen LogP contribution in [0.3, 0.4) is 0 Å². The van der Waals surface area contributed by atoms with Crippen molar-refractivity contribution in [1.82, 2.24) is 9.80 Å². The number of para-hydroxylation sites is 1. The lowest BCUT2D eigenvalue weighted by atomic mass is 9.84. The summed E-state index contributed by atoms with van der Waals surface area (Å²) in [5, 5.41) is 3.49. The van der Waals surface area contributed by atoms with Crippen LogP contribution in [-0.4, -0.2) is 66.5 Å². The molecule has 0 aromatic heterocycles. The molecule has 1 aromatic carbocycles. The molecule has 6 heteroatoms. The quantitative estimate of drug-likeness (QED) is 0.853. The Hall–Kier alpha value is -2.08. The number of benzene rings is 1. The topological polar surface area (TPSA) is 61.9 Å². The molecule has 1 N–H and O–H groups in total. The molecule has 0 aliphatic carbocycles. The summed E-state index contributed by atoms with van der Waals surface area (Å²) in [6.07, 6.45) is 2.32. The number of amides is 2. The molecule has 1 aromatic rings. The highest BCUT2D eigenvalue weighted by Crippen LogP contribution is 2.31. The van der Waals surface area contributed by atoms with E-state index in [4.69, 9.17) is 4.74 Å². The number of likely N-dealkylation sites (tertiary alicyclic amines) is 2. The van der Waals surface area contributed by atoms with Gasteiger partial charge in [-0.3, -0.25) is 9.59 Å². The van der Waals surface area contributed by atoms with Crippen molar-refractivity contribution in [3.8, 4) is 0 Å². The van der Waals surface area contributed by atoms with E-state index in [0.717, 1.165) is 25.2 Å². The third-order valence-electron chi connectivity index (χ3n) is 5.11. The highest BCUT2D eigenvalue weighted by molar-refractivity contribution is 5.90. The van der Waals surface area contributed by atoms with Gasteiger partial charge in [-0.05, 0) is 38.3 Å². The van der Waals surface area contributed by atoms with Gasteiger partial charge in [0.1, 0.15) is 12.1 Å². The highest BCUT2D eigenvalue weighted by Gasteiger charge is 2.45. The number of rotatable bonds is 6. The Morgan fingerprint density at radius 1 is 1.08 bits per heavy atom. The maximum atomic E-state index is 13.1. The molecule has 2 amide bonds. The molecule has 25 heavy (non-hydrogen) atoms. The van der Waals surface area contributed by atoms with Crippen molar-refractivity contribution in [2.24, 2.45) is 0 Å². The zero-order chi connectivity index (χ0) is 17.7. The predicted molar refractivity (Wildman–Crippen MR) is 96.3 cm³/mol.